The van der Waals surface area contributed by atoms with E-state index in [-0.39, 0.29) is 16.0 Å². The van der Waals surface area contributed by atoms with Gasteiger partial charge in [0.2, 0.25) is 0 Å². The number of hydrogen-bond acceptors (Lipinski definition) is 2. The van der Waals surface area contributed by atoms with Crippen LogP contribution in [-0.4, -0.2) is 24.6 Å². The number of carbonyl (C=O) groups excluding carboxylic acids is 1. The Bertz CT molecular complexity index is 1410. The summed E-state index contributed by atoms with van der Waals surface area (Å²) in [5.41, 5.74) is 1.96. The molecule has 0 amide bonds. The molecule has 4 aromatic carbocycles. The van der Waals surface area contributed by atoms with Crippen molar-refractivity contribution in [2.24, 2.45) is 0 Å². The van der Waals surface area contributed by atoms with Gasteiger partial charge in [0.15, 0.2) is 19.8 Å². The summed E-state index contributed by atoms with van der Waals surface area (Å²) in [6.07, 6.45) is 0. The van der Waals surface area contributed by atoms with Crippen LogP contribution in [0.15, 0.2) is 111 Å². The van der Waals surface area contributed by atoms with E-state index in [1.807, 2.05) is 42.5 Å². The molecule has 0 spiro atoms. The van der Waals surface area contributed by atoms with Crippen LogP contribution in [0.4, 0.5) is 16.9 Å². The van der Waals surface area contributed by atoms with Crippen LogP contribution in [0.1, 0.15) is 6.92 Å². The first-order chi connectivity index (χ1) is 17.9. The molecule has 208 valence electrons. The van der Waals surface area contributed by atoms with Gasteiger partial charge in [-0.15, -0.1) is 0 Å². The van der Waals surface area contributed by atoms with E-state index in [0.717, 1.165) is 16.0 Å². The monoisotopic (exact) mass is 750 g/mol. The van der Waals surface area contributed by atoms with Crippen molar-refractivity contribution in [3.63, 3.8) is 0 Å². The van der Waals surface area contributed by atoms with E-state index in [1.54, 1.807) is 6.92 Å². The molecule has 0 saturated carbocycles. The van der Waals surface area contributed by atoms with Gasteiger partial charge in [-0.2, -0.15) is 0 Å². The Morgan fingerprint density at radius 3 is 1.41 bits per heavy atom. The van der Waals surface area contributed by atoms with Gasteiger partial charge in [0, 0.05) is 32.5 Å². The van der Waals surface area contributed by atoms with Crippen molar-refractivity contribution in [2.45, 2.75) is 26.5 Å². The average molecular weight is 753 g/mol. The minimum atomic E-state index is -11.2. The van der Waals surface area contributed by atoms with Crippen LogP contribution in [0.3, 0.4) is 0 Å². The number of benzene rings is 4. The molecule has 39 heavy (non-hydrogen) atoms. The van der Waals surface area contributed by atoms with Crippen LogP contribution in [0.25, 0.3) is 11.1 Å². The number of carbonyl (C=O) groups is 1. The van der Waals surface area contributed by atoms with E-state index in [2.05, 4.69) is 48.5 Å². The Hall–Kier alpha value is -1.48. The predicted molar refractivity (Wildman–Crippen MR) is 151 cm³/mol. The topological polar surface area (TPSA) is 17.1 Å². The van der Waals surface area contributed by atoms with Gasteiger partial charge >= 0.3 is 36.4 Å². The molecule has 0 aliphatic carbocycles. The molecular weight excluding hydrogens is 735 g/mol. The van der Waals surface area contributed by atoms with Gasteiger partial charge in [-0.05, 0) is 90.5 Å². The van der Waals surface area contributed by atoms with Crippen LogP contribution in [0.5, 0.6) is 0 Å². The maximum atomic E-state index is 11.4. The zero-order chi connectivity index (χ0) is 29.1. The van der Waals surface area contributed by atoms with E-state index in [9.17, 15) is 21.7 Å². The van der Waals surface area contributed by atoms with Crippen LogP contribution in [0.2, 0.25) is 15.1 Å². The van der Waals surface area contributed by atoms with Crippen molar-refractivity contribution >= 4 is 82.1 Å². The quantitative estimate of drug-likeness (QED) is 0.0874. The second-order valence-electron chi connectivity index (χ2n) is 7.93. The van der Waals surface area contributed by atoms with Crippen molar-refractivity contribution < 1.29 is 21.7 Å². The third kappa shape index (κ3) is 11.5. The van der Waals surface area contributed by atoms with Gasteiger partial charge in [-0.25, -0.2) is 0 Å². The van der Waals surface area contributed by atoms with E-state index >= 15 is 0 Å². The normalized spacial score (nSPS) is 13.2. The second kappa shape index (κ2) is 11.8. The molecule has 0 unspecified atom stereocenters. The fourth-order valence-corrected chi connectivity index (χ4v) is 6.57. The molecule has 0 atom stereocenters. The van der Waals surface area contributed by atoms with Crippen molar-refractivity contribution in [2.75, 3.05) is 0 Å². The SMILES string of the molecule is CC(=O)Sc1ccc(-c2ccc([S+](c3ccc(Cl)cc3)c3ccc(Cl)cc3)cc2)c(Cl)c1.[F][Sb-]([F])([F])([F])([F])[F]. The summed E-state index contributed by atoms with van der Waals surface area (Å²) in [6.45, 7) is 1.55. The first-order valence-electron chi connectivity index (χ1n) is 10.8. The van der Waals surface area contributed by atoms with Gasteiger partial charge in [0.05, 0.1) is 10.9 Å². The zero-order valence-electron chi connectivity index (χ0n) is 19.7. The predicted octanol–water partition coefficient (Wildman–Crippen LogP) is 11.2. The third-order valence-corrected chi connectivity index (χ3v) is 8.53. The number of thioether (sulfide) groups is 1. The van der Waals surface area contributed by atoms with Gasteiger partial charge in [0.1, 0.15) is 0 Å². The summed E-state index contributed by atoms with van der Waals surface area (Å²) in [5.74, 6) is 0. The molecule has 0 fully saturated rings. The van der Waals surface area contributed by atoms with Crippen molar-refractivity contribution in [1.29, 1.82) is 0 Å². The zero-order valence-corrected chi connectivity index (χ0v) is 26.2. The summed E-state index contributed by atoms with van der Waals surface area (Å²) in [5, 5.41) is 2.09. The van der Waals surface area contributed by atoms with Crippen LogP contribution >= 0.6 is 46.6 Å². The van der Waals surface area contributed by atoms with Crippen LogP contribution in [-0.2, 0) is 15.7 Å². The van der Waals surface area contributed by atoms with Crippen LogP contribution in [0, 0.1) is 0 Å². The number of hydrogen-bond donors (Lipinski definition) is 0. The molecule has 4 rings (SSSR count). The molecule has 0 radical (unpaired) electrons. The Labute approximate surface area is 245 Å². The standard InChI is InChI=1S/C26H18Cl3OS2.6FH.Sb/c1-17(30)31-21-8-15-25(26(29)16-21)18-2-9-22(10-3-18)32(23-11-4-19(27)5-12-23)24-13-6-20(28)7-14-24;;;;;;;/h2-16H,1H3;6*1H;/q+1;;;;;;;+5/p-6. The van der Waals surface area contributed by atoms with Gasteiger partial charge in [-0.1, -0.05) is 52.6 Å². The molecule has 0 aliphatic heterocycles. The molecule has 0 heterocycles. The van der Waals surface area contributed by atoms with Gasteiger partial charge in [-0.3, -0.25) is 4.79 Å². The molecule has 0 aliphatic rings. The Balaban J connectivity index is 0.000000532. The fourth-order valence-electron chi connectivity index (χ4n) is 3.28. The summed E-state index contributed by atoms with van der Waals surface area (Å²) in [4.78, 5) is 15.7. The van der Waals surface area contributed by atoms with Crippen molar-refractivity contribution in [3.8, 4) is 11.1 Å². The summed E-state index contributed by atoms with van der Waals surface area (Å²) in [6, 6.07) is 30.1. The first kappa shape index (κ1) is 32.0. The molecular formula is C26H18Cl3F6OS2Sb. The third-order valence-electron chi connectivity index (χ3n) is 4.70. The Kier molecular flexibility index (Phi) is 9.68. The van der Waals surface area contributed by atoms with E-state index < -0.39 is 19.5 Å². The molecule has 1 nitrogen and oxygen atoms in total. The molecule has 0 saturated heterocycles. The van der Waals surface area contributed by atoms with Gasteiger partial charge in [0.25, 0.3) is 0 Å². The Morgan fingerprint density at radius 1 is 0.667 bits per heavy atom. The fraction of sp³-hybridized carbons (Fsp3) is 0.0385. The summed E-state index contributed by atoms with van der Waals surface area (Å²) >= 11 is 8.70. The molecule has 0 N–H and O–H groups in total. The minimum absolute atomic E-state index is 0.0367. The summed E-state index contributed by atoms with van der Waals surface area (Å²) < 4.78 is 59.6. The van der Waals surface area contributed by atoms with Crippen molar-refractivity contribution in [1.82, 2.24) is 0 Å². The summed E-state index contributed by atoms with van der Waals surface area (Å²) in [7, 11) is -0.303. The maximum absolute atomic E-state index is 11.4. The molecule has 0 bridgehead atoms. The molecule has 0 aromatic heterocycles. The van der Waals surface area contributed by atoms with Gasteiger partial charge < -0.3 is 0 Å². The molecule has 13 heteroatoms. The first-order valence-corrected chi connectivity index (χ1v) is 19.7. The Morgan fingerprint density at radius 2 is 1.05 bits per heavy atom. The molecule has 4 aromatic rings. The van der Waals surface area contributed by atoms with E-state index in [4.69, 9.17) is 34.8 Å². The second-order valence-corrected chi connectivity index (χ2v) is 18.0. The van der Waals surface area contributed by atoms with Crippen molar-refractivity contribution in [3.05, 3.63) is 106 Å². The number of rotatable bonds is 5. The number of halogens is 9. The van der Waals surface area contributed by atoms with Crippen LogP contribution < -0.4 is 0 Å². The van der Waals surface area contributed by atoms with E-state index in [0.29, 0.717) is 15.1 Å². The van der Waals surface area contributed by atoms with E-state index in [1.165, 1.54) is 26.4 Å². The average Bonchev–Trinajstić information content (AvgIpc) is 2.80.